The zero-order valence-corrected chi connectivity index (χ0v) is 12.8. The van der Waals surface area contributed by atoms with Gasteiger partial charge >= 0.3 is 0 Å². The molecule has 1 rings (SSSR count). The Balaban J connectivity index is 2.14. The van der Waals surface area contributed by atoms with Crippen LogP contribution < -0.4 is 0 Å². The first-order valence-corrected chi connectivity index (χ1v) is 8.11. The lowest BCUT2D eigenvalue weighted by molar-refractivity contribution is 0.214. The van der Waals surface area contributed by atoms with Crippen molar-refractivity contribution in [3.05, 3.63) is 35.6 Å². The van der Waals surface area contributed by atoms with E-state index in [9.17, 15) is 9.50 Å². The van der Waals surface area contributed by atoms with Crippen LogP contribution >= 0.6 is 0 Å². The fourth-order valence-electron chi connectivity index (χ4n) is 2.60. The van der Waals surface area contributed by atoms with Crippen molar-refractivity contribution in [3.8, 4) is 0 Å². The van der Waals surface area contributed by atoms with Crippen LogP contribution in [0.5, 0.6) is 0 Å². The summed E-state index contributed by atoms with van der Waals surface area (Å²) in [5, 5.41) is 9.44. The van der Waals surface area contributed by atoms with Crippen LogP contribution in [0.25, 0.3) is 0 Å². The van der Waals surface area contributed by atoms with Crippen molar-refractivity contribution in [2.75, 3.05) is 6.61 Å². The Labute approximate surface area is 123 Å². The van der Waals surface area contributed by atoms with Crippen molar-refractivity contribution < 1.29 is 9.50 Å². The van der Waals surface area contributed by atoms with Gasteiger partial charge in [-0.05, 0) is 36.5 Å². The Morgan fingerprint density at radius 1 is 0.950 bits per heavy atom. The highest BCUT2D eigenvalue weighted by atomic mass is 19.1. The summed E-state index contributed by atoms with van der Waals surface area (Å²) in [5.74, 6) is 0.123. The number of aliphatic hydroxyl groups excluding tert-OH is 1. The lowest BCUT2D eigenvalue weighted by Crippen LogP contribution is -2.09. The second-order valence-electron chi connectivity index (χ2n) is 5.79. The van der Waals surface area contributed by atoms with E-state index in [0.29, 0.717) is 5.92 Å². The summed E-state index contributed by atoms with van der Waals surface area (Å²) in [7, 11) is 0. The maximum Gasteiger partial charge on any atom is 0.123 e. The summed E-state index contributed by atoms with van der Waals surface area (Å²) < 4.78 is 12.8. The molecule has 20 heavy (non-hydrogen) atoms. The molecule has 1 aromatic carbocycles. The second kappa shape index (κ2) is 10.8. The highest BCUT2D eigenvalue weighted by Crippen LogP contribution is 2.17. The lowest BCUT2D eigenvalue weighted by Gasteiger charge is -2.14. The highest BCUT2D eigenvalue weighted by Gasteiger charge is 2.08. The Morgan fingerprint density at radius 2 is 1.55 bits per heavy atom. The fourth-order valence-corrected chi connectivity index (χ4v) is 2.60. The summed E-state index contributed by atoms with van der Waals surface area (Å²) in [5.41, 5.74) is 1.12. The van der Waals surface area contributed by atoms with Crippen molar-refractivity contribution in [2.24, 2.45) is 5.92 Å². The predicted octanol–water partition coefficient (Wildman–Crippen LogP) is 5.12. The molecule has 0 saturated heterocycles. The summed E-state index contributed by atoms with van der Waals surface area (Å²) in [6.45, 7) is 2.47. The molecule has 0 aromatic heterocycles. The van der Waals surface area contributed by atoms with Crippen LogP contribution in [0.3, 0.4) is 0 Å². The predicted molar refractivity (Wildman–Crippen MR) is 83.3 cm³/mol. The summed E-state index contributed by atoms with van der Waals surface area (Å²) in [6, 6.07) is 6.64. The van der Waals surface area contributed by atoms with Gasteiger partial charge in [0.05, 0.1) is 0 Å². The highest BCUT2D eigenvalue weighted by molar-refractivity contribution is 5.16. The Bertz CT molecular complexity index is 334. The normalized spacial score (nSPS) is 12.6. The van der Waals surface area contributed by atoms with E-state index in [4.69, 9.17) is 0 Å². The number of rotatable bonds is 11. The maximum absolute atomic E-state index is 12.8. The van der Waals surface area contributed by atoms with Gasteiger partial charge in [-0.15, -0.1) is 0 Å². The van der Waals surface area contributed by atoms with Crippen molar-refractivity contribution >= 4 is 0 Å². The first kappa shape index (κ1) is 17.2. The quantitative estimate of drug-likeness (QED) is 0.558. The first-order valence-electron chi connectivity index (χ1n) is 8.11. The molecule has 0 radical (unpaired) electrons. The second-order valence-corrected chi connectivity index (χ2v) is 5.79. The Morgan fingerprint density at radius 3 is 2.15 bits per heavy atom. The molecular formula is C18H29FO. The van der Waals surface area contributed by atoms with Gasteiger partial charge < -0.3 is 5.11 Å². The third kappa shape index (κ3) is 7.64. The first-order chi connectivity index (χ1) is 9.76. The van der Waals surface area contributed by atoms with E-state index in [1.807, 2.05) is 12.1 Å². The van der Waals surface area contributed by atoms with Gasteiger partial charge in [0.25, 0.3) is 0 Å². The number of halogens is 1. The topological polar surface area (TPSA) is 20.2 Å². The van der Waals surface area contributed by atoms with Crippen LogP contribution in [0, 0.1) is 11.7 Å². The monoisotopic (exact) mass is 280 g/mol. The van der Waals surface area contributed by atoms with E-state index >= 15 is 0 Å². The van der Waals surface area contributed by atoms with E-state index < -0.39 is 0 Å². The minimum absolute atomic E-state index is 0.193. The molecule has 0 bridgehead atoms. The van der Waals surface area contributed by atoms with Crippen LogP contribution in [0.1, 0.15) is 63.9 Å². The fraction of sp³-hybridized carbons (Fsp3) is 0.667. The molecule has 1 aromatic rings. The van der Waals surface area contributed by atoms with Crippen LogP contribution in [-0.2, 0) is 6.42 Å². The third-order valence-electron chi connectivity index (χ3n) is 3.91. The molecular weight excluding hydrogens is 251 g/mol. The molecule has 0 saturated carbocycles. The summed E-state index contributed by atoms with van der Waals surface area (Å²) in [6.07, 6.45) is 11.0. The van der Waals surface area contributed by atoms with E-state index in [2.05, 4.69) is 6.92 Å². The van der Waals surface area contributed by atoms with Gasteiger partial charge in [-0.3, -0.25) is 0 Å². The van der Waals surface area contributed by atoms with Crippen LogP contribution in [0.15, 0.2) is 24.3 Å². The largest absolute Gasteiger partial charge is 0.396 e. The molecule has 1 N–H and O–H groups in total. The SMILES string of the molecule is CCCCCCCCCC(CO)Cc1ccc(F)cc1. The minimum atomic E-state index is -0.193. The van der Waals surface area contributed by atoms with Gasteiger partial charge in [-0.2, -0.15) is 0 Å². The molecule has 0 heterocycles. The molecule has 0 fully saturated rings. The van der Waals surface area contributed by atoms with Gasteiger partial charge in [0, 0.05) is 6.61 Å². The number of unbranched alkanes of at least 4 members (excludes halogenated alkanes) is 6. The van der Waals surface area contributed by atoms with Crippen molar-refractivity contribution in [3.63, 3.8) is 0 Å². The Kier molecular flexibility index (Phi) is 9.31. The lowest BCUT2D eigenvalue weighted by atomic mass is 9.94. The summed E-state index contributed by atoms with van der Waals surface area (Å²) in [4.78, 5) is 0. The molecule has 1 unspecified atom stereocenters. The average Bonchev–Trinajstić information content (AvgIpc) is 2.47. The van der Waals surface area contributed by atoms with Crippen molar-refractivity contribution in [1.82, 2.24) is 0 Å². The molecule has 2 heteroatoms. The smallest absolute Gasteiger partial charge is 0.123 e. The van der Waals surface area contributed by atoms with Gasteiger partial charge in [-0.25, -0.2) is 4.39 Å². The average molecular weight is 280 g/mol. The molecule has 114 valence electrons. The van der Waals surface area contributed by atoms with Crippen molar-refractivity contribution in [1.29, 1.82) is 0 Å². The number of hydrogen-bond donors (Lipinski definition) is 1. The molecule has 0 aliphatic carbocycles. The number of hydrogen-bond acceptors (Lipinski definition) is 1. The molecule has 0 aliphatic rings. The van der Waals surface area contributed by atoms with Crippen LogP contribution in [-0.4, -0.2) is 11.7 Å². The standard InChI is InChI=1S/C18H29FO/c1-2-3-4-5-6-7-8-9-17(15-20)14-16-10-12-18(19)13-11-16/h10-13,17,20H,2-9,14-15H2,1H3. The zero-order valence-electron chi connectivity index (χ0n) is 12.8. The van der Waals surface area contributed by atoms with Gasteiger partial charge in [0.15, 0.2) is 0 Å². The van der Waals surface area contributed by atoms with E-state index in [0.717, 1.165) is 18.4 Å². The Hall–Kier alpha value is -0.890. The minimum Gasteiger partial charge on any atom is -0.396 e. The van der Waals surface area contributed by atoms with Gasteiger partial charge in [-0.1, -0.05) is 64.0 Å². The van der Waals surface area contributed by atoms with Crippen LogP contribution in [0.4, 0.5) is 4.39 Å². The number of benzene rings is 1. The number of aliphatic hydroxyl groups is 1. The van der Waals surface area contributed by atoms with Crippen molar-refractivity contribution in [2.45, 2.75) is 64.7 Å². The molecule has 0 amide bonds. The van der Waals surface area contributed by atoms with Crippen LogP contribution in [0.2, 0.25) is 0 Å². The maximum atomic E-state index is 12.8. The van der Waals surface area contributed by atoms with E-state index in [1.54, 1.807) is 0 Å². The summed E-state index contributed by atoms with van der Waals surface area (Å²) >= 11 is 0. The van der Waals surface area contributed by atoms with E-state index in [-0.39, 0.29) is 12.4 Å². The molecule has 0 aliphatic heterocycles. The molecule has 0 spiro atoms. The van der Waals surface area contributed by atoms with Gasteiger partial charge in [0.1, 0.15) is 5.82 Å². The molecule has 1 nitrogen and oxygen atoms in total. The zero-order chi connectivity index (χ0) is 14.6. The van der Waals surface area contributed by atoms with E-state index in [1.165, 1.54) is 57.1 Å². The molecule has 1 atom stereocenters. The van der Waals surface area contributed by atoms with Gasteiger partial charge in [0.2, 0.25) is 0 Å². The third-order valence-corrected chi connectivity index (χ3v) is 3.91.